The van der Waals surface area contributed by atoms with Crippen molar-refractivity contribution in [1.82, 2.24) is 14.8 Å². The summed E-state index contributed by atoms with van der Waals surface area (Å²) in [5.41, 5.74) is -1.94. The summed E-state index contributed by atoms with van der Waals surface area (Å²) in [5.74, 6) is -4.83. The molecule has 7 nitrogen and oxygen atoms in total. The van der Waals surface area contributed by atoms with Crippen molar-refractivity contribution in [3.8, 4) is 5.75 Å². The molecule has 10 heteroatoms. The Hall–Kier alpha value is -3.56. The highest BCUT2D eigenvalue weighted by molar-refractivity contribution is 5.99. The van der Waals surface area contributed by atoms with Crippen LogP contribution >= 0.6 is 0 Å². The van der Waals surface area contributed by atoms with E-state index in [4.69, 9.17) is 0 Å². The van der Waals surface area contributed by atoms with Gasteiger partial charge in [-0.1, -0.05) is 0 Å². The number of benzene rings is 1. The van der Waals surface area contributed by atoms with Crippen molar-refractivity contribution in [3.05, 3.63) is 74.5 Å². The molecule has 2 atom stereocenters. The summed E-state index contributed by atoms with van der Waals surface area (Å²) in [4.78, 5) is 39.3. The molecule has 168 valence electrons. The molecule has 2 bridgehead atoms. The van der Waals surface area contributed by atoms with E-state index >= 15 is 0 Å². The minimum atomic E-state index is -1.10. The van der Waals surface area contributed by atoms with Crippen molar-refractivity contribution >= 4 is 11.8 Å². The quantitative estimate of drug-likeness (QED) is 0.757. The lowest BCUT2D eigenvalue weighted by Crippen LogP contribution is -2.48. The third kappa shape index (κ3) is 3.45. The van der Waals surface area contributed by atoms with Crippen LogP contribution in [-0.2, 0) is 6.54 Å². The summed E-state index contributed by atoms with van der Waals surface area (Å²) in [6.45, 7) is 2.62. The van der Waals surface area contributed by atoms with Crippen LogP contribution < -0.4 is 10.7 Å². The predicted octanol–water partition coefficient (Wildman–Crippen LogP) is 2.71. The summed E-state index contributed by atoms with van der Waals surface area (Å²) in [7, 11) is 0. The second-order valence-corrected chi connectivity index (χ2v) is 7.98. The molecule has 2 aromatic rings. The van der Waals surface area contributed by atoms with E-state index in [9.17, 15) is 32.7 Å². The maximum absolute atomic E-state index is 14.2. The van der Waals surface area contributed by atoms with Crippen LogP contribution in [0.15, 0.2) is 35.0 Å². The smallest absolute Gasteiger partial charge is 0.275 e. The van der Waals surface area contributed by atoms with Gasteiger partial charge in [0.25, 0.3) is 11.8 Å². The van der Waals surface area contributed by atoms with E-state index in [1.807, 2.05) is 0 Å². The van der Waals surface area contributed by atoms with E-state index in [1.165, 1.54) is 29.4 Å². The van der Waals surface area contributed by atoms with Crippen LogP contribution in [0.2, 0.25) is 0 Å². The Labute approximate surface area is 180 Å². The first kappa shape index (κ1) is 21.7. The highest BCUT2D eigenvalue weighted by Crippen LogP contribution is 2.34. The lowest BCUT2D eigenvalue weighted by Gasteiger charge is -2.37. The average Bonchev–Trinajstić information content (AvgIpc) is 2.85. The molecular formula is C22H20F3N3O4. The first-order valence-electron chi connectivity index (χ1n) is 9.97. The molecule has 0 aliphatic carbocycles. The molecule has 0 fully saturated rings. The number of aromatic hydroxyl groups is 1. The number of nitrogens with zero attached hydrogens (tertiary/aromatic N) is 2. The summed E-state index contributed by atoms with van der Waals surface area (Å²) in [6.07, 6.45) is 2.63. The van der Waals surface area contributed by atoms with E-state index in [0.717, 1.165) is 18.3 Å². The third-order valence-corrected chi connectivity index (χ3v) is 5.88. The minimum absolute atomic E-state index is 0.125. The van der Waals surface area contributed by atoms with Crippen molar-refractivity contribution in [2.45, 2.75) is 38.9 Å². The van der Waals surface area contributed by atoms with Crippen molar-refractivity contribution in [3.63, 3.8) is 0 Å². The molecule has 4 rings (SSSR count). The SMILES string of the molecule is Cc1cc(F)c(CNC(=O)c2cn3c(c(O)c2=O)C(=O)N2CC3CC=C(F)C2C)c(F)c1. The number of carbonyl (C=O) groups is 2. The zero-order chi connectivity index (χ0) is 23.3. The van der Waals surface area contributed by atoms with Crippen molar-refractivity contribution < 1.29 is 27.9 Å². The largest absolute Gasteiger partial charge is 0.503 e. The topological polar surface area (TPSA) is 91.6 Å². The third-order valence-electron chi connectivity index (χ3n) is 5.88. The Morgan fingerprint density at radius 2 is 1.88 bits per heavy atom. The normalized spacial score (nSPS) is 19.8. The number of hydrogen-bond acceptors (Lipinski definition) is 4. The molecule has 0 radical (unpaired) electrons. The van der Waals surface area contributed by atoms with E-state index in [-0.39, 0.29) is 24.2 Å². The fourth-order valence-corrected chi connectivity index (χ4v) is 4.07. The Morgan fingerprint density at radius 1 is 1.22 bits per heavy atom. The zero-order valence-corrected chi connectivity index (χ0v) is 17.3. The number of amides is 2. The molecule has 3 heterocycles. The zero-order valence-electron chi connectivity index (χ0n) is 17.3. The summed E-state index contributed by atoms with van der Waals surface area (Å²) >= 11 is 0. The Balaban J connectivity index is 1.69. The van der Waals surface area contributed by atoms with Gasteiger partial charge in [-0.15, -0.1) is 0 Å². The second kappa shape index (κ2) is 7.85. The number of aryl methyl sites for hydroxylation is 1. The van der Waals surface area contributed by atoms with Gasteiger partial charge in [-0.2, -0.15) is 0 Å². The van der Waals surface area contributed by atoms with Crippen LogP contribution in [0.4, 0.5) is 13.2 Å². The first-order valence-corrected chi connectivity index (χ1v) is 9.97. The lowest BCUT2D eigenvalue weighted by atomic mass is 10.1. The summed E-state index contributed by atoms with van der Waals surface area (Å²) in [5, 5.41) is 12.7. The molecule has 2 N–H and O–H groups in total. The van der Waals surface area contributed by atoms with Crippen LogP contribution in [0, 0.1) is 18.6 Å². The van der Waals surface area contributed by atoms with Gasteiger partial charge in [-0.3, -0.25) is 14.4 Å². The Kier molecular flexibility index (Phi) is 5.31. The minimum Gasteiger partial charge on any atom is -0.503 e. The van der Waals surface area contributed by atoms with E-state index in [0.29, 0.717) is 5.56 Å². The molecule has 0 spiro atoms. The van der Waals surface area contributed by atoms with E-state index < -0.39 is 64.6 Å². The average molecular weight is 447 g/mol. The van der Waals surface area contributed by atoms with Gasteiger partial charge in [-0.05, 0) is 44.0 Å². The molecule has 2 aliphatic heterocycles. The van der Waals surface area contributed by atoms with Crippen LogP contribution in [0.5, 0.6) is 5.75 Å². The molecule has 2 unspecified atom stereocenters. The monoisotopic (exact) mass is 447 g/mol. The first-order chi connectivity index (χ1) is 15.1. The van der Waals surface area contributed by atoms with Crippen LogP contribution in [0.3, 0.4) is 0 Å². The van der Waals surface area contributed by atoms with Gasteiger partial charge in [-0.25, -0.2) is 13.2 Å². The maximum Gasteiger partial charge on any atom is 0.275 e. The Morgan fingerprint density at radius 3 is 2.53 bits per heavy atom. The molecule has 2 aliphatic rings. The highest BCUT2D eigenvalue weighted by atomic mass is 19.1. The molecular weight excluding hydrogens is 427 g/mol. The van der Waals surface area contributed by atoms with Gasteiger partial charge in [0.15, 0.2) is 11.4 Å². The van der Waals surface area contributed by atoms with Crippen LogP contribution in [-0.4, -0.2) is 39.0 Å². The van der Waals surface area contributed by atoms with Crippen molar-refractivity contribution in [2.75, 3.05) is 6.54 Å². The van der Waals surface area contributed by atoms with Gasteiger partial charge in [0.05, 0.1) is 12.1 Å². The lowest BCUT2D eigenvalue weighted by molar-refractivity contribution is 0.0607. The molecule has 1 aromatic heterocycles. The number of nitrogens with one attached hydrogen (secondary N) is 1. The number of allylic oxidation sites excluding steroid dienone is 1. The summed E-state index contributed by atoms with van der Waals surface area (Å²) < 4.78 is 43.6. The number of carbonyl (C=O) groups excluding carboxylic acids is 2. The number of halogens is 3. The standard InChI is InChI=1S/C22H20F3N3O4/c1-10-5-16(24)13(17(25)6-10)7-26-21(31)14-9-28-12-3-4-15(23)11(2)27(8-12)22(32)18(28)20(30)19(14)29/h4-6,9,11-12,30H,3,7-8H2,1-2H3,(H,26,31). The van der Waals surface area contributed by atoms with Crippen LogP contribution in [0.25, 0.3) is 0 Å². The number of rotatable bonds is 3. The van der Waals surface area contributed by atoms with Crippen molar-refractivity contribution in [2.24, 2.45) is 0 Å². The Bertz CT molecular complexity index is 1210. The second-order valence-electron chi connectivity index (χ2n) is 7.98. The van der Waals surface area contributed by atoms with E-state index in [1.54, 1.807) is 0 Å². The predicted molar refractivity (Wildman–Crippen MR) is 108 cm³/mol. The number of aromatic nitrogens is 1. The van der Waals surface area contributed by atoms with Gasteiger partial charge in [0.2, 0.25) is 5.43 Å². The van der Waals surface area contributed by atoms with E-state index in [2.05, 4.69) is 5.32 Å². The summed E-state index contributed by atoms with van der Waals surface area (Å²) in [6, 6.07) is 0.865. The fraction of sp³-hybridized carbons (Fsp3) is 0.318. The number of pyridine rings is 1. The van der Waals surface area contributed by atoms with Gasteiger partial charge >= 0.3 is 0 Å². The highest BCUT2D eigenvalue weighted by Gasteiger charge is 2.39. The van der Waals surface area contributed by atoms with Gasteiger partial charge in [0.1, 0.15) is 23.0 Å². The molecule has 32 heavy (non-hydrogen) atoms. The molecule has 0 saturated heterocycles. The molecule has 0 saturated carbocycles. The van der Waals surface area contributed by atoms with Gasteiger partial charge in [0, 0.05) is 24.8 Å². The number of fused-ring (bicyclic) bond motifs is 4. The number of hydrogen-bond donors (Lipinski definition) is 2. The molecule has 1 aromatic carbocycles. The maximum atomic E-state index is 14.2. The fourth-order valence-electron chi connectivity index (χ4n) is 4.07. The molecule has 2 amide bonds. The van der Waals surface area contributed by atoms with Gasteiger partial charge < -0.3 is 19.9 Å². The van der Waals surface area contributed by atoms with Crippen LogP contribution in [0.1, 0.15) is 51.4 Å². The van der Waals surface area contributed by atoms with Crippen molar-refractivity contribution in [1.29, 1.82) is 0 Å².